The van der Waals surface area contributed by atoms with Gasteiger partial charge in [-0.2, -0.15) is 0 Å². The molecule has 124 valence electrons. The number of imidazole rings is 1. The zero-order valence-corrected chi connectivity index (χ0v) is 13.7. The zero-order chi connectivity index (χ0) is 15.6. The average Bonchev–Trinajstić information content (AvgIpc) is 3.06. The number of ether oxygens (including phenoxy) is 1. The molecular weight excluding hydrogens is 292 g/mol. The molecule has 2 aliphatic rings. The summed E-state index contributed by atoms with van der Waals surface area (Å²) in [6.07, 6.45) is 5.99. The van der Waals surface area contributed by atoms with E-state index in [4.69, 9.17) is 4.74 Å². The van der Waals surface area contributed by atoms with Crippen LogP contribution in [0.4, 0.5) is 5.82 Å². The fourth-order valence-electron chi connectivity index (χ4n) is 3.72. The van der Waals surface area contributed by atoms with Crippen molar-refractivity contribution < 1.29 is 4.74 Å². The molecule has 1 unspecified atom stereocenters. The van der Waals surface area contributed by atoms with Crippen molar-refractivity contribution in [3.05, 3.63) is 12.7 Å². The van der Waals surface area contributed by atoms with Crippen LogP contribution in [0.2, 0.25) is 0 Å². The first kappa shape index (κ1) is 14.8. The molecule has 4 heterocycles. The minimum Gasteiger partial charge on any atom is -0.379 e. The fraction of sp³-hybridized carbons (Fsp3) is 0.688. The lowest BCUT2D eigenvalue weighted by Crippen LogP contribution is -2.51. The third-order valence-corrected chi connectivity index (χ3v) is 4.98. The zero-order valence-electron chi connectivity index (χ0n) is 13.7. The molecule has 4 rings (SSSR count). The number of morpholine rings is 1. The second-order valence-corrected chi connectivity index (χ2v) is 6.29. The number of anilines is 1. The van der Waals surface area contributed by atoms with Crippen LogP contribution >= 0.6 is 0 Å². The van der Waals surface area contributed by atoms with Crippen molar-refractivity contribution in [1.82, 2.24) is 24.4 Å². The van der Waals surface area contributed by atoms with E-state index in [1.807, 2.05) is 6.33 Å². The number of hydrogen-bond acceptors (Lipinski definition) is 6. The molecule has 0 aromatic carbocycles. The lowest BCUT2D eigenvalue weighted by Gasteiger charge is -2.41. The third-order valence-electron chi connectivity index (χ3n) is 4.98. The van der Waals surface area contributed by atoms with Crippen molar-refractivity contribution in [2.75, 3.05) is 44.3 Å². The second kappa shape index (κ2) is 6.41. The van der Waals surface area contributed by atoms with E-state index in [0.29, 0.717) is 6.04 Å². The molecule has 0 radical (unpaired) electrons. The van der Waals surface area contributed by atoms with Crippen LogP contribution in [-0.2, 0) is 11.3 Å². The van der Waals surface area contributed by atoms with Crippen molar-refractivity contribution >= 4 is 17.0 Å². The predicted octanol–water partition coefficient (Wildman–Crippen LogP) is 1.15. The summed E-state index contributed by atoms with van der Waals surface area (Å²) in [5.74, 6) is 0.986. The van der Waals surface area contributed by atoms with Crippen molar-refractivity contribution in [3.8, 4) is 0 Å². The number of piperidine rings is 1. The Morgan fingerprint density at radius 3 is 2.87 bits per heavy atom. The van der Waals surface area contributed by atoms with Gasteiger partial charge in [-0.3, -0.25) is 4.90 Å². The molecule has 2 aromatic heterocycles. The molecule has 1 atom stereocenters. The monoisotopic (exact) mass is 316 g/mol. The number of aryl methyl sites for hydroxylation is 1. The summed E-state index contributed by atoms with van der Waals surface area (Å²) in [4.78, 5) is 18.5. The minimum absolute atomic E-state index is 0.589. The summed E-state index contributed by atoms with van der Waals surface area (Å²) in [6.45, 7) is 8.85. The number of aromatic nitrogens is 4. The van der Waals surface area contributed by atoms with E-state index in [1.54, 1.807) is 6.33 Å². The fourth-order valence-corrected chi connectivity index (χ4v) is 3.72. The highest BCUT2D eigenvalue weighted by Crippen LogP contribution is 2.26. The lowest BCUT2D eigenvalue weighted by molar-refractivity contribution is 0.0137. The molecule has 0 amide bonds. The average molecular weight is 316 g/mol. The number of hydrogen-bond donors (Lipinski definition) is 0. The molecule has 0 bridgehead atoms. The highest BCUT2D eigenvalue weighted by molar-refractivity contribution is 5.83. The van der Waals surface area contributed by atoms with Gasteiger partial charge in [0, 0.05) is 38.8 Å². The molecule has 0 spiro atoms. The van der Waals surface area contributed by atoms with Crippen molar-refractivity contribution in [2.45, 2.75) is 32.4 Å². The molecule has 2 fully saturated rings. The Morgan fingerprint density at radius 2 is 2.04 bits per heavy atom. The Labute approximate surface area is 136 Å². The topological polar surface area (TPSA) is 59.3 Å². The van der Waals surface area contributed by atoms with E-state index in [0.717, 1.165) is 62.9 Å². The van der Waals surface area contributed by atoms with Gasteiger partial charge < -0.3 is 14.2 Å². The van der Waals surface area contributed by atoms with Crippen molar-refractivity contribution in [2.24, 2.45) is 0 Å². The van der Waals surface area contributed by atoms with Gasteiger partial charge >= 0.3 is 0 Å². The van der Waals surface area contributed by atoms with Gasteiger partial charge in [-0.1, -0.05) is 0 Å². The van der Waals surface area contributed by atoms with E-state index in [-0.39, 0.29) is 0 Å². The van der Waals surface area contributed by atoms with E-state index in [1.165, 1.54) is 12.8 Å². The normalized spacial score (nSPS) is 23.5. The smallest absolute Gasteiger partial charge is 0.165 e. The summed E-state index contributed by atoms with van der Waals surface area (Å²) in [6, 6.07) is 0.589. The van der Waals surface area contributed by atoms with E-state index >= 15 is 0 Å². The predicted molar refractivity (Wildman–Crippen MR) is 88.6 cm³/mol. The Hall–Kier alpha value is -1.73. The van der Waals surface area contributed by atoms with Gasteiger partial charge in [-0.25, -0.2) is 15.0 Å². The van der Waals surface area contributed by atoms with Gasteiger partial charge in [-0.15, -0.1) is 0 Å². The maximum Gasteiger partial charge on any atom is 0.165 e. The first-order chi connectivity index (χ1) is 11.4. The molecule has 2 saturated heterocycles. The van der Waals surface area contributed by atoms with Gasteiger partial charge in [-0.05, 0) is 19.8 Å². The van der Waals surface area contributed by atoms with Crippen LogP contribution in [0.25, 0.3) is 11.2 Å². The quantitative estimate of drug-likeness (QED) is 0.846. The Morgan fingerprint density at radius 1 is 1.17 bits per heavy atom. The van der Waals surface area contributed by atoms with Crippen LogP contribution in [0.3, 0.4) is 0 Å². The van der Waals surface area contributed by atoms with Gasteiger partial charge in [0.1, 0.15) is 6.33 Å². The largest absolute Gasteiger partial charge is 0.379 e. The van der Waals surface area contributed by atoms with Crippen LogP contribution < -0.4 is 4.90 Å². The van der Waals surface area contributed by atoms with Crippen LogP contribution in [0.1, 0.15) is 19.8 Å². The Balaban J connectivity index is 1.58. The summed E-state index contributed by atoms with van der Waals surface area (Å²) in [5, 5.41) is 0. The first-order valence-corrected chi connectivity index (χ1v) is 8.59. The number of nitrogens with zero attached hydrogens (tertiary/aromatic N) is 6. The Kier molecular flexibility index (Phi) is 4.13. The maximum atomic E-state index is 5.49. The third kappa shape index (κ3) is 2.79. The van der Waals surface area contributed by atoms with E-state index < -0.39 is 0 Å². The van der Waals surface area contributed by atoms with Crippen LogP contribution in [0.5, 0.6) is 0 Å². The molecule has 2 aromatic rings. The SMILES string of the molecule is CCn1cnc2c(N3CCCC(N4CCOCC4)C3)ncnc21. The highest BCUT2D eigenvalue weighted by atomic mass is 16.5. The summed E-state index contributed by atoms with van der Waals surface area (Å²) in [5.41, 5.74) is 1.86. The van der Waals surface area contributed by atoms with Gasteiger partial charge in [0.15, 0.2) is 17.0 Å². The molecule has 2 aliphatic heterocycles. The number of rotatable bonds is 3. The molecule has 23 heavy (non-hydrogen) atoms. The number of fused-ring (bicyclic) bond motifs is 1. The van der Waals surface area contributed by atoms with E-state index in [9.17, 15) is 0 Å². The highest BCUT2D eigenvalue weighted by Gasteiger charge is 2.28. The first-order valence-electron chi connectivity index (χ1n) is 8.59. The van der Waals surface area contributed by atoms with Crippen LogP contribution in [0.15, 0.2) is 12.7 Å². The summed E-state index contributed by atoms with van der Waals surface area (Å²) >= 11 is 0. The van der Waals surface area contributed by atoms with Gasteiger partial charge in [0.2, 0.25) is 0 Å². The van der Waals surface area contributed by atoms with Crippen molar-refractivity contribution in [1.29, 1.82) is 0 Å². The maximum absolute atomic E-state index is 5.49. The van der Waals surface area contributed by atoms with Gasteiger partial charge in [0.25, 0.3) is 0 Å². The molecule has 0 aliphatic carbocycles. The molecule has 7 nitrogen and oxygen atoms in total. The lowest BCUT2D eigenvalue weighted by atomic mass is 10.0. The summed E-state index contributed by atoms with van der Waals surface area (Å²) in [7, 11) is 0. The minimum atomic E-state index is 0.589. The summed E-state index contributed by atoms with van der Waals surface area (Å²) < 4.78 is 7.56. The molecule has 0 N–H and O–H groups in total. The van der Waals surface area contributed by atoms with Crippen molar-refractivity contribution in [3.63, 3.8) is 0 Å². The van der Waals surface area contributed by atoms with E-state index in [2.05, 4.69) is 36.2 Å². The Bertz CT molecular complexity index is 666. The second-order valence-electron chi connectivity index (χ2n) is 6.29. The van der Waals surface area contributed by atoms with Crippen LogP contribution in [0, 0.1) is 0 Å². The molecule has 0 saturated carbocycles. The van der Waals surface area contributed by atoms with Crippen LogP contribution in [-0.4, -0.2) is 69.9 Å². The molecular formula is C16H24N6O. The molecule has 7 heteroatoms. The van der Waals surface area contributed by atoms with Gasteiger partial charge in [0.05, 0.1) is 19.5 Å². The standard InChI is InChI=1S/C16H24N6O/c1-2-20-12-19-14-15(20)17-11-18-16(14)22-5-3-4-13(10-22)21-6-8-23-9-7-21/h11-13H,2-10H2,1H3.